The van der Waals surface area contributed by atoms with Crippen molar-refractivity contribution in [2.45, 2.75) is 13.8 Å². The average molecular weight is 304 g/mol. The molecule has 1 amide bonds. The molecule has 0 aromatic carbocycles. The summed E-state index contributed by atoms with van der Waals surface area (Å²) >= 11 is 2.88. The molecular weight excluding hydrogens is 292 g/mol. The number of aliphatic imine (C=N–C) groups is 1. The lowest BCUT2D eigenvalue weighted by molar-refractivity contribution is -0.114. The highest BCUT2D eigenvalue weighted by molar-refractivity contribution is 8.27. The van der Waals surface area contributed by atoms with E-state index >= 15 is 0 Å². The molecule has 7 heteroatoms. The maximum Gasteiger partial charge on any atom is 0.283 e. The fourth-order valence-electron chi connectivity index (χ4n) is 1.76. The van der Waals surface area contributed by atoms with Gasteiger partial charge in [0.25, 0.3) is 5.91 Å². The van der Waals surface area contributed by atoms with Gasteiger partial charge in [-0.05, 0) is 29.3 Å². The lowest BCUT2D eigenvalue weighted by Crippen LogP contribution is -2.35. The normalized spacial score (nSPS) is 20.6. The van der Waals surface area contributed by atoms with E-state index in [0.29, 0.717) is 5.17 Å². The number of nitrogens with one attached hydrogen (secondary N) is 1. The van der Waals surface area contributed by atoms with E-state index in [-0.39, 0.29) is 23.2 Å². The van der Waals surface area contributed by atoms with Crippen LogP contribution >= 0.6 is 23.1 Å². The second-order valence-electron chi connectivity index (χ2n) is 4.63. The lowest BCUT2D eigenvalue weighted by atomic mass is 10.1. The molecule has 0 radical (unpaired) electrons. The van der Waals surface area contributed by atoms with Crippen molar-refractivity contribution in [3.8, 4) is 0 Å². The molecule has 1 N–H and O–H groups in total. The molecule has 20 heavy (non-hydrogen) atoms. The van der Waals surface area contributed by atoms with Crippen LogP contribution in [0.15, 0.2) is 33.2 Å². The third-order valence-electron chi connectivity index (χ3n) is 2.79. The van der Waals surface area contributed by atoms with Crippen molar-refractivity contribution in [1.82, 2.24) is 5.01 Å². The molecule has 1 aromatic heterocycles. The van der Waals surface area contributed by atoms with Crippen molar-refractivity contribution in [2.75, 3.05) is 0 Å². The van der Waals surface area contributed by atoms with Gasteiger partial charge in [0.2, 0.25) is 5.17 Å². The molecule has 0 fully saturated rings. The number of rotatable bonds is 2. The van der Waals surface area contributed by atoms with Crippen molar-refractivity contribution in [2.24, 2.45) is 16.0 Å². The molecule has 0 unspecified atom stereocenters. The molecule has 0 spiro atoms. The Labute approximate surface area is 124 Å². The average Bonchev–Trinajstić information content (AvgIpc) is 3.03. The van der Waals surface area contributed by atoms with Crippen molar-refractivity contribution in [3.63, 3.8) is 0 Å². The van der Waals surface area contributed by atoms with Gasteiger partial charge < -0.3 is 0 Å². The highest BCUT2D eigenvalue weighted by Gasteiger charge is 2.36. The van der Waals surface area contributed by atoms with Gasteiger partial charge >= 0.3 is 0 Å². The first kappa shape index (κ1) is 13.3. The van der Waals surface area contributed by atoms with Gasteiger partial charge in [-0.15, -0.1) is 11.3 Å². The number of amidine groups is 2. The second kappa shape index (κ2) is 4.99. The van der Waals surface area contributed by atoms with E-state index in [1.54, 1.807) is 6.08 Å². The van der Waals surface area contributed by atoms with Gasteiger partial charge in [0.05, 0.1) is 5.57 Å². The zero-order chi connectivity index (χ0) is 14.3. The Morgan fingerprint density at radius 3 is 2.90 bits per heavy atom. The number of carbonyl (C=O) groups is 1. The van der Waals surface area contributed by atoms with Gasteiger partial charge in [-0.3, -0.25) is 10.2 Å². The van der Waals surface area contributed by atoms with Crippen molar-refractivity contribution in [1.29, 1.82) is 5.41 Å². The summed E-state index contributed by atoms with van der Waals surface area (Å²) < 4.78 is 0. The van der Waals surface area contributed by atoms with Crippen LogP contribution in [0.2, 0.25) is 0 Å². The second-order valence-corrected chi connectivity index (χ2v) is 6.60. The monoisotopic (exact) mass is 304 g/mol. The first-order valence-corrected chi connectivity index (χ1v) is 7.79. The number of amides is 1. The van der Waals surface area contributed by atoms with Crippen LogP contribution in [0.5, 0.6) is 0 Å². The predicted octanol–water partition coefficient (Wildman–Crippen LogP) is 3.02. The minimum absolute atomic E-state index is 0.0940. The number of nitrogens with zero attached hydrogens (tertiary/aromatic N) is 3. The number of thioether (sulfide) groups is 1. The summed E-state index contributed by atoms with van der Waals surface area (Å²) in [6, 6.07) is 3.81. The Morgan fingerprint density at radius 1 is 1.45 bits per heavy atom. The number of fused-ring (bicyclic) bond motifs is 1. The maximum absolute atomic E-state index is 12.1. The molecule has 0 saturated carbocycles. The number of carbonyl (C=O) groups excluding carboxylic acids is 1. The zero-order valence-corrected chi connectivity index (χ0v) is 12.6. The highest BCUT2D eigenvalue weighted by atomic mass is 32.2. The standard InChI is InChI=1S/C13H12N4OS2/c1-7(2)12-16-17-10(14)9(6-8-4-3-5-19-8)11(18)15-13(17)20-12/h3-7,14H,1-2H3/b9-6+,14-10?. The molecule has 3 heterocycles. The Morgan fingerprint density at radius 2 is 2.25 bits per heavy atom. The largest absolute Gasteiger partial charge is 0.283 e. The lowest BCUT2D eigenvalue weighted by Gasteiger charge is -2.19. The molecule has 102 valence electrons. The van der Waals surface area contributed by atoms with Crippen LogP contribution < -0.4 is 0 Å². The molecule has 0 aliphatic carbocycles. The third-order valence-corrected chi connectivity index (χ3v) is 4.82. The van der Waals surface area contributed by atoms with Crippen molar-refractivity contribution < 1.29 is 4.79 Å². The van der Waals surface area contributed by atoms with Gasteiger partial charge in [-0.25, -0.2) is 0 Å². The maximum atomic E-state index is 12.1. The summed E-state index contributed by atoms with van der Waals surface area (Å²) in [5.41, 5.74) is 0.283. The third kappa shape index (κ3) is 2.23. The van der Waals surface area contributed by atoms with Crippen LogP contribution in [-0.2, 0) is 4.79 Å². The minimum atomic E-state index is -0.373. The molecule has 3 rings (SSSR count). The molecule has 2 aliphatic rings. The Hall–Kier alpha value is -1.73. The fourth-order valence-corrected chi connectivity index (χ4v) is 3.31. The van der Waals surface area contributed by atoms with Gasteiger partial charge in [-0.2, -0.15) is 15.1 Å². The number of hydrogen-bond acceptors (Lipinski definition) is 5. The number of thiophene rings is 1. The summed E-state index contributed by atoms with van der Waals surface area (Å²) in [4.78, 5) is 17.0. The molecule has 0 bridgehead atoms. The van der Waals surface area contributed by atoms with E-state index in [4.69, 9.17) is 5.41 Å². The summed E-state index contributed by atoms with van der Waals surface area (Å²) in [7, 11) is 0. The van der Waals surface area contributed by atoms with E-state index in [2.05, 4.69) is 10.1 Å². The minimum Gasteiger partial charge on any atom is -0.282 e. The van der Waals surface area contributed by atoms with Crippen LogP contribution in [0.4, 0.5) is 0 Å². The summed E-state index contributed by atoms with van der Waals surface area (Å²) in [5.74, 6) is -0.0279. The molecule has 0 saturated heterocycles. The van der Waals surface area contributed by atoms with Crippen LogP contribution in [-0.4, -0.2) is 27.0 Å². The molecular formula is C13H12N4OS2. The predicted molar refractivity (Wildman–Crippen MR) is 84.2 cm³/mol. The van der Waals surface area contributed by atoms with E-state index < -0.39 is 0 Å². The van der Waals surface area contributed by atoms with Crippen LogP contribution in [0.1, 0.15) is 18.7 Å². The van der Waals surface area contributed by atoms with Crippen LogP contribution in [0.25, 0.3) is 6.08 Å². The van der Waals surface area contributed by atoms with Gasteiger partial charge in [0.1, 0.15) is 5.04 Å². The highest BCUT2D eigenvalue weighted by Crippen LogP contribution is 2.30. The van der Waals surface area contributed by atoms with E-state index in [1.165, 1.54) is 28.1 Å². The molecule has 0 atom stereocenters. The molecule has 2 aliphatic heterocycles. The first-order valence-electron chi connectivity index (χ1n) is 6.10. The van der Waals surface area contributed by atoms with Gasteiger partial charge in [0.15, 0.2) is 5.84 Å². The van der Waals surface area contributed by atoms with E-state index in [1.807, 2.05) is 31.4 Å². The van der Waals surface area contributed by atoms with Gasteiger partial charge in [0, 0.05) is 10.8 Å². The Bertz CT molecular complexity index is 671. The number of hydrazone groups is 1. The van der Waals surface area contributed by atoms with Crippen molar-refractivity contribution in [3.05, 3.63) is 28.0 Å². The number of hydrogen-bond donors (Lipinski definition) is 1. The zero-order valence-electron chi connectivity index (χ0n) is 11.0. The molecule has 1 aromatic rings. The Balaban J connectivity index is 1.99. The van der Waals surface area contributed by atoms with E-state index in [0.717, 1.165) is 9.92 Å². The summed E-state index contributed by atoms with van der Waals surface area (Å²) in [6.07, 6.45) is 1.70. The smallest absolute Gasteiger partial charge is 0.282 e. The first-order chi connectivity index (χ1) is 9.56. The summed E-state index contributed by atoms with van der Waals surface area (Å²) in [5, 5.41) is 17.3. The van der Waals surface area contributed by atoms with Crippen LogP contribution in [0.3, 0.4) is 0 Å². The fraction of sp³-hybridized carbons (Fsp3) is 0.231. The van der Waals surface area contributed by atoms with Crippen molar-refractivity contribution >= 4 is 51.1 Å². The Kier molecular flexibility index (Phi) is 3.31. The SMILES string of the molecule is CC(C)C1=NN2C(=N)/C(=C\c3cccs3)C(=O)N=C2S1. The van der Waals surface area contributed by atoms with Gasteiger partial charge in [-0.1, -0.05) is 19.9 Å². The topological polar surface area (TPSA) is 68.9 Å². The van der Waals surface area contributed by atoms with E-state index in [9.17, 15) is 4.79 Å². The summed E-state index contributed by atoms with van der Waals surface area (Å²) in [6.45, 7) is 4.05. The quantitative estimate of drug-likeness (QED) is 0.854. The molecule has 5 nitrogen and oxygen atoms in total. The van der Waals surface area contributed by atoms with Crippen LogP contribution in [0, 0.1) is 11.3 Å².